The Balaban J connectivity index is 1.39. The molecule has 22 heavy (non-hydrogen) atoms. The van der Waals surface area contributed by atoms with Gasteiger partial charge in [0.25, 0.3) is 0 Å². The normalized spacial score (nSPS) is 28.8. The molecule has 0 amide bonds. The van der Waals surface area contributed by atoms with E-state index in [1.165, 1.54) is 12.1 Å². The molecule has 2 aliphatic heterocycles. The van der Waals surface area contributed by atoms with E-state index in [9.17, 15) is 4.39 Å². The Morgan fingerprint density at radius 3 is 2.86 bits per heavy atom. The van der Waals surface area contributed by atoms with Gasteiger partial charge in [0, 0.05) is 56.9 Å². The predicted molar refractivity (Wildman–Crippen MR) is 85.2 cm³/mol. The van der Waals surface area contributed by atoms with Crippen molar-refractivity contribution in [1.29, 1.82) is 0 Å². The van der Waals surface area contributed by atoms with Crippen molar-refractivity contribution in [1.82, 2.24) is 20.4 Å². The van der Waals surface area contributed by atoms with Gasteiger partial charge < -0.3 is 10.2 Å². The first-order valence-corrected chi connectivity index (χ1v) is 8.64. The second kappa shape index (κ2) is 5.81. The lowest BCUT2D eigenvalue weighted by Gasteiger charge is -2.33. The highest BCUT2D eigenvalue weighted by molar-refractivity contribution is 5.40. The molecular weight excluding hydrogens is 281 g/mol. The number of alkyl halides is 1. The first-order chi connectivity index (χ1) is 10.7. The number of nitrogens with one attached hydrogen (secondary N) is 2. The Morgan fingerprint density at radius 1 is 1.27 bits per heavy atom. The number of hydrogen-bond acceptors (Lipinski definition) is 4. The molecule has 6 heteroatoms. The summed E-state index contributed by atoms with van der Waals surface area (Å²) in [6.07, 6.45) is 3.85. The van der Waals surface area contributed by atoms with Crippen LogP contribution in [0.4, 0.5) is 10.2 Å². The minimum absolute atomic E-state index is 0.472. The average Bonchev–Trinajstić information content (AvgIpc) is 3.08. The summed E-state index contributed by atoms with van der Waals surface area (Å²) in [5.41, 5.74) is 0.351. The van der Waals surface area contributed by atoms with E-state index < -0.39 is 5.67 Å². The van der Waals surface area contributed by atoms with Crippen LogP contribution in [0.2, 0.25) is 0 Å². The first kappa shape index (κ1) is 14.5. The fourth-order valence-electron chi connectivity index (χ4n) is 3.74. The van der Waals surface area contributed by atoms with Crippen LogP contribution >= 0.6 is 0 Å². The molecule has 5 nitrogen and oxygen atoms in total. The van der Waals surface area contributed by atoms with E-state index in [0.29, 0.717) is 12.5 Å². The molecule has 1 aromatic heterocycles. The summed E-state index contributed by atoms with van der Waals surface area (Å²) in [6.45, 7) is 6.73. The second-order valence-corrected chi connectivity index (χ2v) is 7.14. The van der Waals surface area contributed by atoms with Gasteiger partial charge in [0.05, 0.1) is 0 Å². The van der Waals surface area contributed by atoms with Crippen molar-refractivity contribution >= 4 is 5.82 Å². The van der Waals surface area contributed by atoms with Crippen LogP contribution in [0.5, 0.6) is 0 Å². The van der Waals surface area contributed by atoms with Gasteiger partial charge in [-0.3, -0.25) is 10.00 Å². The zero-order valence-corrected chi connectivity index (χ0v) is 13.2. The van der Waals surface area contributed by atoms with Crippen molar-refractivity contribution in [3.05, 3.63) is 11.8 Å². The zero-order chi connectivity index (χ0) is 15.0. The molecule has 1 unspecified atom stereocenters. The number of piperazine rings is 1. The van der Waals surface area contributed by atoms with Crippen molar-refractivity contribution < 1.29 is 4.39 Å². The van der Waals surface area contributed by atoms with Crippen LogP contribution in [0, 0.1) is 0 Å². The van der Waals surface area contributed by atoms with Gasteiger partial charge >= 0.3 is 0 Å². The molecule has 2 saturated heterocycles. The summed E-state index contributed by atoms with van der Waals surface area (Å²) in [5.74, 6) is 1.54. The molecule has 122 valence electrons. The second-order valence-electron chi connectivity index (χ2n) is 7.14. The third-order valence-corrected chi connectivity index (χ3v) is 5.27. The number of hydrogen-bond donors (Lipinski definition) is 2. The number of rotatable bonds is 4. The van der Waals surface area contributed by atoms with Crippen LogP contribution in [-0.2, 0) is 0 Å². The number of halogens is 1. The van der Waals surface area contributed by atoms with Gasteiger partial charge in [0.15, 0.2) is 5.82 Å². The summed E-state index contributed by atoms with van der Waals surface area (Å²) < 4.78 is 14.0. The Hall–Kier alpha value is -1.14. The van der Waals surface area contributed by atoms with Gasteiger partial charge in [0.2, 0.25) is 0 Å². The molecule has 1 atom stereocenters. The third kappa shape index (κ3) is 3.13. The molecule has 1 saturated carbocycles. The summed E-state index contributed by atoms with van der Waals surface area (Å²) in [5, 5.41) is 11.1. The zero-order valence-electron chi connectivity index (χ0n) is 13.2. The third-order valence-electron chi connectivity index (χ3n) is 5.27. The van der Waals surface area contributed by atoms with Gasteiger partial charge in [-0.15, -0.1) is 0 Å². The number of aromatic amines is 1. The van der Waals surface area contributed by atoms with Crippen molar-refractivity contribution in [3.63, 3.8) is 0 Å². The van der Waals surface area contributed by atoms with Crippen molar-refractivity contribution in [2.24, 2.45) is 0 Å². The summed E-state index contributed by atoms with van der Waals surface area (Å²) in [4.78, 5) is 4.64. The molecular formula is C16H26FN5. The maximum atomic E-state index is 14.0. The molecule has 4 rings (SSSR count). The van der Waals surface area contributed by atoms with Crippen molar-refractivity contribution in [2.45, 2.75) is 37.3 Å². The van der Waals surface area contributed by atoms with E-state index in [1.807, 2.05) is 0 Å². The lowest BCUT2D eigenvalue weighted by molar-refractivity contribution is 0.141. The van der Waals surface area contributed by atoms with E-state index >= 15 is 0 Å². The van der Waals surface area contributed by atoms with Crippen molar-refractivity contribution in [3.8, 4) is 0 Å². The van der Waals surface area contributed by atoms with E-state index in [1.54, 1.807) is 0 Å². The van der Waals surface area contributed by atoms with E-state index in [-0.39, 0.29) is 0 Å². The quantitative estimate of drug-likeness (QED) is 0.885. The molecule has 0 aromatic carbocycles. The first-order valence-electron chi connectivity index (χ1n) is 8.64. The standard InChI is InChI=1S/C16H26FN5/c17-16(3-4-16)12-21-7-1-2-13(11-21)14-10-15(20-19-14)22-8-5-18-6-9-22/h10,13,18H,1-9,11-12H2,(H,19,20). The molecule has 0 spiro atoms. The van der Waals surface area contributed by atoms with Crippen molar-refractivity contribution in [2.75, 3.05) is 50.7 Å². The number of piperidine rings is 1. The minimum Gasteiger partial charge on any atom is -0.353 e. The topological polar surface area (TPSA) is 47.2 Å². The Bertz CT molecular complexity index is 506. The van der Waals surface area contributed by atoms with Crippen LogP contribution in [0.1, 0.15) is 37.3 Å². The molecule has 3 heterocycles. The lowest BCUT2D eigenvalue weighted by Crippen LogP contribution is -2.43. The maximum Gasteiger partial charge on any atom is 0.150 e. The Kier molecular flexibility index (Phi) is 3.82. The van der Waals surface area contributed by atoms with Gasteiger partial charge in [-0.25, -0.2) is 4.39 Å². The molecule has 3 aliphatic rings. The summed E-state index contributed by atoms with van der Waals surface area (Å²) >= 11 is 0. The fourth-order valence-corrected chi connectivity index (χ4v) is 3.74. The summed E-state index contributed by atoms with van der Waals surface area (Å²) in [6, 6.07) is 2.21. The predicted octanol–water partition coefficient (Wildman–Crippen LogP) is 1.50. The van der Waals surface area contributed by atoms with Gasteiger partial charge in [-0.2, -0.15) is 5.10 Å². The van der Waals surface area contributed by atoms with Gasteiger partial charge in [-0.05, 0) is 32.2 Å². The number of aromatic nitrogens is 2. The fraction of sp³-hybridized carbons (Fsp3) is 0.812. The highest BCUT2D eigenvalue weighted by Crippen LogP contribution is 2.41. The van der Waals surface area contributed by atoms with E-state index in [0.717, 1.165) is 64.3 Å². The molecule has 0 radical (unpaired) electrons. The van der Waals surface area contributed by atoms with Gasteiger partial charge in [-0.1, -0.05) is 0 Å². The number of nitrogens with zero attached hydrogens (tertiary/aromatic N) is 3. The average molecular weight is 307 g/mol. The molecule has 1 aromatic rings. The Morgan fingerprint density at radius 2 is 2.09 bits per heavy atom. The smallest absolute Gasteiger partial charge is 0.150 e. The van der Waals surface area contributed by atoms with Crippen LogP contribution in [0.3, 0.4) is 0 Å². The maximum absolute atomic E-state index is 14.0. The monoisotopic (exact) mass is 307 g/mol. The highest BCUT2D eigenvalue weighted by atomic mass is 19.1. The lowest BCUT2D eigenvalue weighted by atomic mass is 9.94. The molecule has 0 bridgehead atoms. The SMILES string of the molecule is FC1(CN2CCCC(c3cc(N4CCNCC4)n[nH]3)C2)CC1. The Labute approximate surface area is 131 Å². The van der Waals surface area contributed by atoms with Crippen LogP contribution < -0.4 is 10.2 Å². The minimum atomic E-state index is -0.873. The number of H-pyrrole nitrogens is 1. The van der Waals surface area contributed by atoms with E-state index in [2.05, 4.69) is 31.4 Å². The van der Waals surface area contributed by atoms with E-state index in [4.69, 9.17) is 0 Å². The molecule has 1 aliphatic carbocycles. The largest absolute Gasteiger partial charge is 0.353 e. The molecule has 3 fully saturated rings. The van der Waals surface area contributed by atoms with Gasteiger partial charge in [0.1, 0.15) is 5.67 Å². The highest BCUT2D eigenvalue weighted by Gasteiger charge is 2.45. The van der Waals surface area contributed by atoms with Crippen LogP contribution in [-0.4, -0.2) is 66.6 Å². The van der Waals surface area contributed by atoms with Crippen LogP contribution in [0.25, 0.3) is 0 Å². The summed E-state index contributed by atoms with van der Waals surface area (Å²) in [7, 11) is 0. The van der Waals surface area contributed by atoms with Crippen LogP contribution in [0.15, 0.2) is 6.07 Å². The number of likely N-dealkylation sites (tertiary alicyclic amines) is 1. The molecule has 2 N–H and O–H groups in total. The number of anilines is 1.